The van der Waals surface area contributed by atoms with Gasteiger partial charge >= 0.3 is 6.03 Å². The Morgan fingerprint density at radius 1 is 0.595 bits per heavy atom. The van der Waals surface area contributed by atoms with Gasteiger partial charge in [0.25, 0.3) is 0 Å². The molecule has 8 nitrogen and oxygen atoms in total. The Balaban J connectivity index is 3.92. The second-order valence-corrected chi connectivity index (χ2v) is 10.4. The minimum Gasteiger partial charge on any atom is -0.370 e. The van der Waals surface area contributed by atoms with Crippen molar-refractivity contribution < 1.29 is 9.59 Å². The first-order valence-electron chi connectivity index (χ1n) is 15.4. The molecule has 0 radical (unpaired) electrons. The van der Waals surface area contributed by atoms with Crippen LogP contribution in [0.15, 0.2) is 0 Å². The topological polar surface area (TPSA) is 132 Å². The van der Waals surface area contributed by atoms with Gasteiger partial charge in [0, 0.05) is 19.6 Å². The lowest BCUT2D eigenvalue weighted by molar-refractivity contribution is -0.123. The van der Waals surface area contributed by atoms with E-state index < -0.39 is 6.04 Å². The average Bonchev–Trinajstić information content (AvgIpc) is 2.87. The van der Waals surface area contributed by atoms with Gasteiger partial charge in [0.1, 0.15) is 6.04 Å². The number of carbonyl (C=O) groups is 2. The molecule has 0 rings (SSSR count). The summed E-state index contributed by atoms with van der Waals surface area (Å²) in [5.74, 6) is -0.234. The zero-order chi connectivity index (χ0) is 27.4. The normalized spacial score (nSPS) is 11.6. The van der Waals surface area contributed by atoms with E-state index >= 15 is 0 Å². The van der Waals surface area contributed by atoms with E-state index in [-0.39, 0.29) is 17.9 Å². The molecule has 0 aromatic heterocycles. The first-order valence-corrected chi connectivity index (χ1v) is 15.4. The number of rotatable bonds is 26. The van der Waals surface area contributed by atoms with Crippen molar-refractivity contribution >= 4 is 17.9 Å². The molecule has 8 heteroatoms. The van der Waals surface area contributed by atoms with Gasteiger partial charge in [0.2, 0.25) is 5.91 Å². The Labute approximate surface area is 228 Å². The molecule has 0 aliphatic rings. The summed E-state index contributed by atoms with van der Waals surface area (Å²) in [4.78, 5) is 25.0. The molecule has 0 aromatic rings. The van der Waals surface area contributed by atoms with Crippen LogP contribution >= 0.6 is 0 Å². The molecule has 0 saturated heterocycles. The van der Waals surface area contributed by atoms with Gasteiger partial charge in [-0.3, -0.25) is 10.2 Å². The lowest BCUT2D eigenvalue weighted by Gasteiger charge is -2.19. The molecule has 1 atom stereocenters. The van der Waals surface area contributed by atoms with Crippen LogP contribution in [0.25, 0.3) is 0 Å². The molecule has 0 aromatic carbocycles. The number of urea groups is 1. The van der Waals surface area contributed by atoms with Crippen LogP contribution in [-0.2, 0) is 4.79 Å². The van der Waals surface area contributed by atoms with Crippen molar-refractivity contribution in [1.82, 2.24) is 21.3 Å². The van der Waals surface area contributed by atoms with E-state index in [0.717, 1.165) is 38.5 Å². The standard InChI is InChI=1S/C29H60N6O2/c1-3-5-7-9-10-11-12-13-14-15-16-17-18-20-24-34-29(37)35-26(22-21-25-33-28(30)31)27(36)32-23-19-8-6-4-2/h26H,3-25H2,1-2H3,(H,32,36)(H4,30,31,33)(H2,34,35,37). The Morgan fingerprint density at radius 3 is 1.49 bits per heavy atom. The maximum absolute atomic E-state index is 12.6. The van der Waals surface area contributed by atoms with Gasteiger partial charge in [-0.2, -0.15) is 0 Å². The van der Waals surface area contributed by atoms with Crippen LogP contribution in [-0.4, -0.2) is 43.6 Å². The third-order valence-corrected chi connectivity index (χ3v) is 6.75. The Kier molecular flexibility index (Phi) is 25.6. The van der Waals surface area contributed by atoms with E-state index in [2.05, 4.69) is 35.1 Å². The van der Waals surface area contributed by atoms with Crippen LogP contribution in [0.2, 0.25) is 0 Å². The lowest BCUT2D eigenvalue weighted by Crippen LogP contribution is -2.50. The molecule has 0 spiro atoms. The molecular weight excluding hydrogens is 464 g/mol. The van der Waals surface area contributed by atoms with E-state index in [1.807, 2.05) is 0 Å². The molecule has 0 bridgehead atoms. The van der Waals surface area contributed by atoms with Gasteiger partial charge in [-0.1, -0.05) is 117 Å². The summed E-state index contributed by atoms with van der Waals surface area (Å²) in [7, 11) is 0. The van der Waals surface area contributed by atoms with Crippen LogP contribution in [0.3, 0.4) is 0 Å². The predicted octanol–water partition coefficient (Wildman–Crippen LogP) is 6.10. The third kappa shape index (κ3) is 25.4. The van der Waals surface area contributed by atoms with Crippen molar-refractivity contribution in [1.29, 1.82) is 5.41 Å². The number of nitrogens with two attached hydrogens (primary N) is 1. The minimum absolute atomic E-state index is 0.0872. The number of amides is 3. The van der Waals surface area contributed by atoms with Gasteiger partial charge in [0.05, 0.1) is 0 Å². The van der Waals surface area contributed by atoms with Crippen LogP contribution in [0.4, 0.5) is 4.79 Å². The second kappa shape index (κ2) is 27.1. The zero-order valence-corrected chi connectivity index (χ0v) is 24.2. The van der Waals surface area contributed by atoms with Crippen molar-refractivity contribution in [3.8, 4) is 0 Å². The summed E-state index contributed by atoms with van der Waals surface area (Å²) >= 11 is 0. The van der Waals surface area contributed by atoms with Crippen molar-refractivity contribution in [2.75, 3.05) is 19.6 Å². The summed E-state index contributed by atoms with van der Waals surface area (Å²) in [6, 6.07) is -0.878. The van der Waals surface area contributed by atoms with E-state index in [1.165, 1.54) is 77.0 Å². The number of nitrogens with one attached hydrogen (secondary N) is 5. The molecule has 218 valence electrons. The minimum atomic E-state index is -0.587. The van der Waals surface area contributed by atoms with Gasteiger partial charge < -0.3 is 27.0 Å². The maximum Gasteiger partial charge on any atom is 0.315 e. The highest BCUT2D eigenvalue weighted by atomic mass is 16.2. The Hall–Kier alpha value is -1.99. The summed E-state index contributed by atoms with van der Waals surface area (Å²) in [6.07, 6.45) is 23.8. The van der Waals surface area contributed by atoms with Crippen LogP contribution in [0, 0.1) is 5.41 Å². The summed E-state index contributed by atoms with van der Waals surface area (Å²) in [6.45, 7) is 6.18. The molecule has 1 unspecified atom stereocenters. The van der Waals surface area contributed by atoms with Gasteiger partial charge in [0.15, 0.2) is 5.96 Å². The largest absolute Gasteiger partial charge is 0.370 e. The van der Waals surface area contributed by atoms with Crippen LogP contribution in [0.1, 0.15) is 142 Å². The fraction of sp³-hybridized carbons (Fsp3) is 0.897. The molecular formula is C29H60N6O2. The maximum atomic E-state index is 12.6. The zero-order valence-electron chi connectivity index (χ0n) is 24.2. The van der Waals surface area contributed by atoms with Gasteiger partial charge in [-0.25, -0.2) is 4.79 Å². The lowest BCUT2D eigenvalue weighted by atomic mass is 10.0. The quantitative estimate of drug-likeness (QED) is 0.0464. The molecule has 0 fully saturated rings. The summed E-state index contributed by atoms with van der Waals surface area (Å²) in [5.41, 5.74) is 5.32. The number of guanidine groups is 1. The number of hydrogen-bond acceptors (Lipinski definition) is 3. The van der Waals surface area contributed by atoms with Crippen molar-refractivity contribution in [2.24, 2.45) is 5.73 Å². The molecule has 7 N–H and O–H groups in total. The fourth-order valence-corrected chi connectivity index (χ4v) is 4.42. The molecule has 0 aliphatic heterocycles. The van der Waals surface area contributed by atoms with Crippen molar-refractivity contribution in [2.45, 2.75) is 148 Å². The number of hydrogen-bond donors (Lipinski definition) is 6. The summed E-state index contributed by atoms with van der Waals surface area (Å²) in [5, 5.41) is 18.7. The highest BCUT2D eigenvalue weighted by Gasteiger charge is 2.19. The third-order valence-electron chi connectivity index (χ3n) is 6.75. The van der Waals surface area contributed by atoms with Crippen LogP contribution < -0.4 is 27.0 Å². The molecule has 0 saturated carbocycles. The van der Waals surface area contributed by atoms with Crippen molar-refractivity contribution in [3.05, 3.63) is 0 Å². The second-order valence-electron chi connectivity index (χ2n) is 10.4. The number of unbranched alkanes of at least 4 members (excludes halogenated alkanes) is 16. The Morgan fingerprint density at radius 2 is 1.00 bits per heavy atom. The average molecular weight is 525 g/mol. The van der Waals surface area contributed by atoms with E-state index in [9.17, 15) is 9.59 Å². The van der Waals surface area contributed by atoms with E-state index in [4.69, 9.17) is 11.1 Å². The van der Waals surface area contributed by atoms with Gasteiger partial charge in [-0.15, -0.1) is 0 Å². The molecule has 3 amide bonds. The van der Waals surface area contributed by atoms with E-state index in [0.29, 0.717) is 32.5 Å². The number of carbonyl (C=O) groups excluding carboxylic acids is 2. The monoisotopic (exact) mass is 524 g/mol. The molecule has 0 aliphatic carbocycles. The first kappa shape index (κ1) is 35.0. The summed E-state index contributed by atoms with van der Waals surface area (Å²) < 4.78 is 0. The smallest absolute Gasteiger partial charge is 0.315 e. The van der Waals surface area contributed by atoms with E-state index in [1.54, 1.807) is 0 Å². The van der Waals surface area contributed by atoms with Gasteiger partial charge in [-0.05, 0) is 25.7 Å². The first-order chi connectivity index (χ1) is 18.0. The fourth-order valence-electron chi connectivity index (χ4n) is 4.42. The highest BCUT2D eigenvalue weighted by molar-refractivity contribution is 5.86. The van der Waals surface area contributed by atoms with Crippen LogP contribution in [0.5, 0.6) is 0 Å². The molecule has 0 heterocycles. The predicted molar refractivity (Wildman–Crippen MR) is 157 cm³/mol. The SMILES string of the molecule is CCCCCCCCCCCCCCCCNC(=O)NC(CCCNC(=N)N)C(=O)NCCCCCC. The van der Waals surface area contributed by atoms with Crippen molar-refractivity contribution in [3.63, 3.8) is 0 Å². The highest BCUT2D eigenvalue weighted by Crippen LogP contribution is 2.12. The molecule has 37 heavy (non-hydrogen) atoms. The Bertz CT molecular complexity index is 559.